The second-order valence-corrected chi connectivity index (χ2v) is 8.53. The highest BCUT2D eigenvalue weighted by atomic mass is 16.5. The molecule has 9 heteroatoms. The van der Waals surface area contributed by atoms with E-state index in [0.29, 0.717) is 5.75 Å². The maximum atomic E-state index is 12.6. The Hall–Kier alpha value is -3.10. The van der Waals surface area contributed by atoms with E-state index in [1.54, 1.807) is 12.1 Å². The maximum Gasteiger partial charge on any atom is 0.338 e. The van der Waals surface area contributed by atoms with Crippen molar-refractivity contribution in [2.75, 3.05) is 6.61 Å². The van der Waals surface area contributed by atoms with Crippen molar-refractivity contribution in [3.8, 4) is 5.75 Å². The molecule has 3 atom stereocenters. The van der Waals surface area contributed by atoms with E-state index in [1.807, 2.05) is 4.90 Å². The second-order valence-electron chi connectivity index (χ2n) is 8.53. The number of rotatable bonds is 7. The van der Waals surface area contributed by atoms with Crippen LogP contribution in [0.1, 0.15) is 63.2 Å². The summed E-state index contributed by atoms with van der Waals surface area (Å²) in [6.07, 6.45) is 3.78. The lowest BCUT2D eigenvalue weighted by atomic mass is 9.97. The summed E-state index contributed by atoms with van der Waals surface area (Å²) in [7, 11) is 0. The van der Waals surface area contributed by atoms with Gasteiger partial charge in [0.05, 0.1) is 5.56 Å². The van der Waals surface area contributed by atoms with Crippen molar-refractivity contribution in [3.05, 3.63) is 29.8 Å². The molecule has 3 rings (SSSR count). The largest absolute Gasteiger partial charge is 0.484 e. The average Bonchev–Trinajstić information content (AvgIpc) is 3.56. The van der Waals surface area contributed by atoms with Crippen LogP contribution in [-0.4, -0.2) is 59.6 Å². The van der Waals surface area contributed by atoms with Crippen molar-refractivity contribution < 1.29 is 28.7 Å². The molecular formula is C23H31N3O6. The maximum absolute atomic E-state index is 12.6. The van der Waals surface area contributed by atoms with Gasteiger partial charge in [-0.1, -0.05) is 0 Å². The van der Waals surface area contributed by atoms with Crippen LogP contribution < -0.4 is 15.4 Å². The van der Waals surface area contributed by atoms with Gasteiger partial charge in [0, 0.05) is 18.1 Å². The SMILES string of the molecule is CC(OC(=O)c1ccc(OCC(=O)N2C(C)CCCC2C)cc1)C(=O)NC(=O)NC1CC1. The number of hydrogen-bond donors (Lipinski definition) is 2. The number of carbonyl (C=O) groups is 4. The number of nitrogens with one attached hydrogen (secondary N) is 2. The number of amides is 4. The number of piperidine rings is 1. The minimum atomic E-state index is -1.13. The predicted molar refractivity (Wildman–Crippen MR) is 116 cm³/mol. The van der Waals surface area contributed by atoms with Gasteiger partial charge in [-0.3, -0.25) is 14.9 Å². The van der Waals surface area contributed by atoms with Crippen molar-refractivity contribution >= 4 is 23.8 Å². The molecule has 32 heavy (non-hydrogen) atoms. The zero-order chi connectivity index (χ0) is 23.3. The van der Waals surface area contributed by atoms with Crippen LogP contribution in [0.3, 0.4) is 0 Å². The predicted octanol–water partition coefficient (Wildman–Crippen LogP) is 2.39. The molecule has 0 aromatic heterocycles. The number of ether oxygens (including phenoxy) is 2. The molecule has 1 saturated heterocycles. The number of imide groups is 1. The Labute approximate surface area is 187 Å². The van der Waals surface area contributed by atoms with Gasteiger partial charge in [-0.15, -0.1) is 0 Å². The second kappa shape index (κ2) is 10.5. The quantitative estimate of drug-likeness (QED) is 0.623. The molecule has 1 aliphatic heterocycles. The van der Waals surface area contributed by atoms with E-state index >= 15 is 0 Å². The summed E-state index contributed by atoms with van der Waals surface area (Å²) in [4.78, 5) is 50.3. The van der Waals surface area contributed by atoms with Gasteiger partial charge in [0.2, 0.25) is 0 Å². The van der Waals surface area contributed by atoms with Gasteiger partial charge in [0.1, 0.15) is 5.75 Å². The summed E-state index contributed by atoms with van der Waals surface area (Å²) < 4.78 is 10.7. The monoisotopic (exact) mass is 445 g/mol. The van der Waals surface area contributed by atoms with Crippen molar-refractivity contribution in [1.29, 1.82) is 0 Å². The van der Waals surface area contributed by atoms with E-state index in [0.717, 1.165) is 32.1 Å². The molecule has 4 amide bonds. The van der Waals surface area contributed by atoms with Crippen LogP contribution in [0.25, 0.3) is 0 Å². The van der Waals surface area contributed by atoms with Gasteiger partial charge >= 0.3 is 12.0 Å². The van der Waals surface area contributed by atoms with E-state index in [2.05, 4.69) is 24.5 Å². The third-order valence-electron chi connectivity index (χ3n) is 5.74. The van der Waals surface area contributed by atoms with Gasteiger partial charge < -0.3 is 19.7 Å². The van der Waals surface area contributed by atoms with Gasteiger partial charge in [0.25, 0.3) is 11.8 Å². The molecule has 2 fully saturated rings. The Morgan fingerprint density at radius 1 is 1.03 bits per heavy atom. The van der Waals surface area contributed by atoms with Crippen LogP contribution in [0, 0.1) is 0 Å². The molecule has 0 bridgehead atoms. The lowest BCUT2D eigenvalue weighted by Crippen LogP contribution is -2.49. The summed E-state index contributed by atoms with van der Waals surface area (Å²) in [6, 6.07) is 6.06. The van der Waals surface area contributed by atoms with E-state index in [1.165, 1.54) is 19.1 Å². The van der Waals surface area contributed by atoms with Crippen molar-refractivity contribution in [2.45, 2.75) is 77.1 Å². The minimum absolute atomic E-state index is 0.0567. The Morgan fingerprint density at radius 3 is 2.25 bits per heavy atom. The van der Waals surface area contributed by atoms with Crippen LogP contribution in [0.4, 0.5) is 4.79 Å². The average molecular weight is 446 g/mol. The number of benzene rings is 1. The van der Waals surface area contributed by atoms with Crippen molar-refractivity contribution in [3.63, 3.8) is 0 Å². The Bertz CT molecular complexity index is 842. The highest BCUT2D eigenvalue weighted by Crippen LogP contribution is 2.23. The first-order valence-corrected chi connectivity index (χ1v) is 11.1. The Kier molecular flexibility index (Phi) is 7.71. The van der Waals surface area contributed by atoms with Gasteiger partial charge in [0.15, 0.2) is 12.7 Å². The summed E-state index contributed by atoms with van der Waals surface area (Å²) >= 11 is 0. The van der Waals surface area contributed by atoms with Crippen LogP contribution in [0.5, 0.6) is 5.75 Å². The molecule has 1 aliphatic carbocycles. The molecule has 1 heterocycles. The summed E-state index contributed by atoms with van der Waals surface area (Å²) in [6.45, 7) is 5.42. The van der Waals surface area contributed by atoms with Crippen molar-refractivity contribution in [1.82, 2.24) is 15.5 Å². The zero-order valence-corrected chi connectivity index (χ0v) is 18.8. The fourth-order valence-corrected chi connectivity index (χ4v) is 3.76. The van der Waals surface area contributed by atoms with Gasteiger partial charge in [-0.2, -0.15) is 0 Å². The number of likely N-dealkylation sites (tertiary alicyclic amines) is 1. The van der Waals surface area contributed by atoms with E-state index < -0.39 is 24.0 Å². The van der Waals surface area contributed by atoms with Crippen LogP contribution in [0.15, 0.2) is 24.3 Å². The fraction of sp³-hybridized carbons (Fsp3) is 0.565. The minimum Gasteiger partial charge on any atom is -0.484 e. The first-order valence-electron chi connectivity index (χ1n) is 11.1. The molecule has 0 spiro atoms. The first-order chi connectivity index (χ1) is 15.2. The van der Waals surface area contributed by atoms with Crippen LogP contribution >= 0.6 is 0 Å². The van der Waals surface area contributed by atoms with Gasteiger partial charge in [-0.05, 0) is 77.1 Å². The molecule has 2 aliphatic rings. The molecule has 3 unspecified atom stereocenters. The summed E-state index contributed by atoms with van der Waals surface area (Å²) in [5.41, 5.74) is 0.226. The molecule has 174 valence electrons. The van der Waals surface area contributed by atoms with Crippen molar-refractivity contribution in [2.24, 2.45) is 0 Å². The number of nitrogens with zero attached hydrogens (tertiary/aromatic N) is 1. The lowest BCUT2D eigenvalue weighted by molar-refractivity contribution is -0.139. The van der Waals surface area contributed by atoms with E-state index in [9.17, 15) is 19.2 Å². The molecule has 1 saturated carbocycles. The molecular weight excluding hydrogens is 414 g/mol. The lowest BCUT2D eigenvalue weighted by Gasteiger charge is -2.38. The van der Waals surface area contributed by atoms with E-state index in [4.69, 9.17) is 9.47 Å². The summed E-state index contributed by atoms with van der Waals surface area (Å²) in [5.74, 6) is -1.00. The molecule has 2 N–H and O–H groups in total. The number of carbonyl (C=O) groups excluding carboxylic acids is 4. The third-order valence-corrected chi connectivity index (χ3v) is 5.74. The third kappa shape index (κ3) is 6.45. The number of hydrogen-bond acceptors (Lipinski definition) is 6. The zero-order valence-electron chi connectivity index (χ0n) is 18.8. The Balaban J connectivity index is 1.45. The molecule has 9 nitrogen and oxygen atoms in total. The standard InChI is InChI=1S/C23H31N3O6/c1-14-5-4-6-15(2)26(14)20(27)13-31-19-11-7-17(8-12-19)22(29)32-16(3)21(28)25-23(30)24-18-9-10-18/h7-8,11-12,14-16,18H,4-6,9-10,13H2,1-3H3,(H2,24,25,28,30). The smallest absolute Gasteiger partial charge is 0.338 e. The first kappa shape index (κ1) is 23.6. The van der Waals surface area contributed by atoms with Gasteiger partial charge in [-0.25, -0.2) is 9.59 Å². The van der Waals surface area contributed by atoms with E-state index in [-0.39, 0.29) is 36.2 Å². The summed E-state index contributed by atoms with van der Waals surface area (Å²) in [5, 5.41) is 4.78. The molecule has 1 aromatic rings. The highest BCUT2D eigenvalue weighted by Gasteiger charge is 2.29. The van der Waals surface area contributed by atoms with Crippen LogP contribution in [-0.2, 0) is 14.3 Å². The number of esters is 1. The van der Waals surface area contributed by atoms with Crippen LogP contribution in [0.2, 0.25) is 0 Å². The topological polar surface area (TPSA) is 114 Å². The normalized spacial score (nSPS) is 21.3. The number of urea groups is 1. The molecule has 0 radical (unpaired) electrons. The Morgan fingerprint density at radius 2 is 1.66 bits per heavy atom. The molecule has 1 aromatic carbocycles. The highest BCUT2D eigenvalue weighted by molar-refractivity contribution is 5.98. The fourth-order valence-electron chi connectivity index (χ4n) is 3.76.